The summed E-state index contributed by atoms with van der Waals surface area (Å²) in [6.07, 6.45) is 6.18. The normalized spacial score (nSPS) is 19.6. The van der Waals surface area contributed by atoms with Crippen molar-refractivity contribution in [3.8, 4) is 5.75 Å². The Morgan fingerprint density at radius 3 is 2.68 bits per heavy atom. The molecule has 6 heteroatoms. The molecule has 1 aliphatic carbocycles. The van der Waals surface area contributed by atoms with Gasteiger partial charge >= 0.3 is 0 Å². The van der Waals surface area contributed by atoms with Gasteiger partial charge < -0.3 is 14.2 Å². The lowest BCUT2D eigenvalue weighted by Crippen LogP contribution is -2.34. The molecule has 2 heterocycles. The zero-order valence-corrected chi connectivity index (χ0v) is 18.4. The molecule has 0 spiro atoms. The third-order valence-corrected chi connectivity index (χ3v) is 6.91. The molecule has 1 saturated heterocycles. The third-order valence-electron chi connectivity index (χ3n) is 6.59. The second-order valence-electron chi connectivity index (χ2n) is 8.63. The molecule has 162 valence electrons. The molecule has 1 unspecified atom stereocenters. The number of hydrogen-bond acceptors (Lipinski definition) is 3. The van der Waals surface area contributed by atoms with E-state index in [1.165, 1.54) is 12.8 Å². The van der Waals surface area contributed by atoms with Crippen LogP contribution in [0.4, 0.5) is 0 Å². The predicted molar refractivity (Wildman–Crippen MR) is 123 cm³/mol. The number of nitrogens with zero attached hydrogens (tertiary/aromatic N) is 3. The minimum Gasteiger partial charge on any atom is -0.492 e. The lowest BCUT2D eigenvalue weighted by molar-refractivity contribution is -0.129. The molecule has 31 heavy (non-hydrogen) atoms. The van der Waals surface area contributed by atoms with Gasteiger partial charge in [0.25, 0.3) is 0 Å². The van der Waals surface area contributed by atoms with E-state index in [9.17, 15) is 4.79 Å². The number of halogens is 1. The average Bonchev–Trinajstić information content (AvgIpc) is 3.51. The number of para-hydroxylation sites is 3. The maximum absolute atomic E-state index is 12.8. The second-order valence-corrected chi connectivity index (χ2v) is 9.04. The fourth-order valence-electron chi connectivity index (χ4n) is 5.08. The third kappa shape index (κ3) is 4.16. The highest BCUT2D eigenvalue weighted by Crippen LogP contribution is 2.35. The number of ether oxygens (including phenoxy) is 1. The summed E-state index contributed by atoms with van der Waals surface area (Å²) in [6.45, 7) is 2.17. The van der Waals surface area contributed by atoms with Gasteiger partial charge in [-0.15, -0.1) is 0 Å². The van der Waals surface area contributed by atoms with Crippen molar-refractivity contribution >= 4 is 28.5 Å². The fourth-order valence-corrected chi connectivity index (χ4v) is 5.27. The van der Waals surface area contributed by atoms with Crippen LogP contribution >= 0.6 is 11.6 Å². The van der Waals surface area contributed by atoms with Crippen LogP contribution in [0.3, 0.4) is 0 Å². The van der Waals surface area contributed by atoms with E-state index in [0.29, 0.717) is 29.8 Å². The number of benzene rings is 2. The highest BCUT2D eigenvalue weighted by Gasteiger charge is 2.38. The maximum Gasteiger partial charge on any atom is 0.223 e. The molecular weight excluding hydrogens is 410 g/mol. The molecule has 3 aromatic rings. The van der Waals surface area contributed by atoms with Gasteiger partial charge in [0.05, 0.1) is 22.7 Å². The molecular formula is C25H28ClN3O2. The number of aromatic nitrogens is 2. The number of amides is 1. The van der Waals surface area contributed by atoms with Crippen LogP contribution in [0.5, 0.6) is 5.75 Å². The summed E-state index contributed by atoms with van der Waals surface area (Å²) in [5.41, 5.74) is 2.12. The van der Waals surface area contributed by atoms with Crippen molar-refractivity contribution < 1.29 is 9.53 Å². The van der Waals surface area contributed by atoms with Gasteiger partial charge in [0.1, 0.15) is 11.6 Å². The van der Waals surface area contributed by atoms with Gasteiger partial charge in [0.15, 0.2) is 0 Å². The van der Waals surface area contributed by atoms with E-state index >= 15 is 0 Å². The molecule has 5 rings (SSSR count). The van der Waals surface area contributed by atoms with E-state index in [2.05, 4.69) is 27.7 Å². The van der Waals surface area contributed by atoms with Crippen molar-refractivity contribution in [2.24, 2.45) is 0 Å². The number of hydrogen-bond donors (Lipinski definition) is 0. The first-order valence-electron chi connectivity index (χ1n) is 11.3. The van der Waals surface area contributed by atoms with Crippen LogP contribution in [0.1, 0.15) is 50.3 Å². The van der Waals surface area contributed by atoms with Crippen molar-refractivity contribution in [1.82, 2.24) is 14.5 Å². The molecule has 0 N–H and O–H groups in total. The SMILES string of the molecule is O=C1CC(c2nc3ccccc3n2CCCOc2ccccc2Cl)CN1C1CCCC1. The van der Waals surface area contributed by atoms with Gasteiger partial charge in [-0.3, -0.25) is 4.79 Å². The molecule has 1 aliphatic heterocycles. The van der Waals surface area contributed by atoms with Gasteiger partial charge in [0, 0.05) is 31.5 Å². The Bertz CT molecular complexity index is 1070. The van der Waals surface area contributed by atoms with E-state index < -0.39 is 0 Å². The van der Waals surface area contributed by atoms with Crippen molar-refractivity contribution in [3.05, 3.63) is 59.4 Å². The van der Waals surface area contributed by atoms with Crippen LogP contribution in [0.2, 0.25) is 5.02 Å². The molecule has 1 amide bonds. The quantitative estimate of drug-likeness (QED) is 0.464. The fraction of sp³-hybridized carbons (Fsp3) is 0.440. The van der Waals surface area contributed by atoms with Crippen LogP contribution in [0, 0.1) is 0 Å². The van der Waals surface area contributed by atoms with Gasteiger partial charge in [-0.25, -0.2) is 4.98 Å². The van der Waals surface area contributed by atoms with Crippen LogP contribution in [-0.4, -0.2) is 39.6 Å². The number of aryl methyl sites for hydroxylation is 1. The first kappa shape index (κ1) is 20.4. The zero-order chi connectivity index (χ0) is 21.2. The molecule has 2 aliphatic rings. The van der Waals surface area contributed by atoms with Gasteiger partial charge in [-0.05, 0) is 43.5 Å². The Morgan fingerprint density at radius 2 is 1.84 bits per heavy atom. The summed E-state index contributed by atoms with van der Waals surface area (Å²) >= 11 is 6.20. The number of likely N-dealkylation sites (tertiary alicyclic amines) is 1. The van der Waals surface area contributed by atoms with Gasteiger partial charge in [-0.1, -0.05) is 48.7 Å². The van der Waals surface area contributed by atoms with Crippen molar-refractivity contribution in [1.29, 1.82) is 0 Å². The number of imidazole rings is 1. The summed E-state index contributed by atoms with van der Waals surface area (Å²) in [5, 5.41) is 0.632. The van der Waals surface area contributed by atoms with E-state index in [1.807, 2.05) is 30.3 Å². The highest BCUT2D eigenvalue weighted by molar-refractivity contribution is 6.32. The predicted octanol–water partition coefficient (Wildman–Crippen LogP) is 5.42. The lowest BCUT2D eigenvalue weighted by atomic mass is 10.1. The van der Waals surface area contributed by atoms with E-state index in [1.54, 1.807) is 0 Å². The highest BCUT2D eigenvalue weighted by atomic mass is 35.5. The first-order chi connectivity index (χ1) is 15.2. The summed E-state index contributed by atoms with van der Waals surface area (Å²) in [6, 6.07) is 16.2. The Kier molecular flexibility index (Phi) is 5.86. The topological polar surface area (TPSA) is 47.4 Å². The molecule has 1 aromatic heterocycles. The van der Waals surface area contributed by atoms with E-state index in [4.69, 9.17) is 21.3 Å². The Morgan fingerprint density at radius 1 is 1.06 bits per heavy atom. The van der Waals surface area contributed by atoms with E-state index in [-0.39, 0.29) is 11.8 Å². The summed E-state index contributed by atoms with van der Waals surface area (Å²) in [4.78, 5) is 19.9. The minimum absolute atomic E-state index is 0.157. The van der Waals surface area contributed by atoms with Gasteiger partial charge in [0.2, 0.25) is 5.91 Å². The smallest absolute Gasteiger partial charge is 0.223 e. The molecule has 2 fully saturated rings. The second kappa shape index (κ2) is 8.91. The Hall–Kier alpha value is -2.53. The molecule has 5 nitrogen and oxygen atoms in total. The number of rotatable bonds is 7. The Labute approximate surface area is 188 Å². The van der Waals surface area contributed by atoms with Crippen molar-refractivity contribution in [3.63, 3.8) is 0 Å². The monoisotopic (exact) mass is 437 g/mol. The molecule has 0 radical (unpaired) electrons. The van der Waals surface area contributed by atoms with Crippen LogP contribution in [0.15, 0.2) is 48.5 Å². The van der Waals surface area contributed by atoms with Crippen LogP contribution in [0.25, 0.3) is 11.0 Å². The van der Waals surface area contributed by atoms with Gasteiger partial charge in [-0.2, -0.15) is 0 Å². The molecule has 1 atom stereocenters. The standard InChI is InChI=1S/C25H28ClN3O2/c26-20-10-3-6-13-23(20)31-15-7-14-28-22-12-5-4-11-21(22)27-25(28)18-16-24(30)29(17-18)19-8-1-2-9-19/h3-6,10-13,18-19H,1-2,7-9,14-17H2. The number of fused-ring (bicyclic) bond motifs is 1. The summed E-state index contributed by atoms with van der Waals surface area (Å²) < 4.78 is 8.18. The molecule has 2 aromatic carbocycles. The average molecular weight is 438 g/mol. The minimum atomic E-state index is 0.157. The zero-order valence-electron chi connectivity index (χ0n) is 17.7. The lowest BCUT2D eigenvalue weighted by Gasteiger charge is -2.24. The van der Waals surface area contributed by atoms with Crippen LogP contribution in [-0.2, 0) is 11.3 Å². The summed E-state index contributed by atoms with van der Waals surface area (Å²) in [5.74, 6) is 2.20. The molecule has 0 bridgehead atoms. The Balaban J connectivity index is 1.32. The number of carbonyl (C=O) groups excluding carboxylic acids is 1. The van der Waals surface area contributed by atoms with Crippen molar-refractivity contribution in [2.75, 3.05) is 13.2 Å². The van der Waals surface area contributed by atoms with Crippen LogP contribution < -0.4 is 4.74 Å². The van der Waals surface area contributed by atoms with Crippen molar-refractivity contribution in [2.45, 2.75) is 57.0 Å². The maximum atomic E-state index is 12.8. The van der Waals surface area contributed by atoms with E-state index in [0.717, 1.165) is 49.2 Å². The first-order valence-corrected chi connectivity index (χ1v) is 11.7. The molecule has 1 saturated carbocycles. The summed E-state index contributed by atoms with van der Waals surface area (Å²) in [7, 11) is 0. The number of carbonyl (C=O) groups is 1. The largest absolute Gasteiger partial charge is 0.492 e.